The highest BCUT2D eigenvalue weighted by Gasteiger charge is 2.47. The topological polar surface area (TPSA) is 76.1 Å². The summed E-state index contributed by atoms with van der Waals surface area (Å²) in [5, 5.41) is 13.4. The molecule has 1 fully saturated rings. The number of nitrogens with zero attached hydrogens (tertiary/aromatic N) is 1. The fourth-order valence-electron chi connectivity index (χ4n) is 3.81. The van der Waals surface area contributed by atoms with Crippen LogP contribution in [-0.4, -0.2) is 35.9 Å². The van der Waals surface area contributed by atoms with Gasteiger partial charge in [0.25, 0.3) is 11.7 Å². The first-order valence-electron chi connectivity index (χ1n) is 9.74. The van der Waals surface area contributed by atoms with Crippen LogP contribution in [0.4, 0.5) is 0 Å². The van der Waals surface area contributed by atoms with Crippen LogP contribution in [0.3, 0.4) is 0 Å². The molecular formula is C24H20ClNO5S. The third-order valence-corrected chi connectivity index (χ3v) is 6.46. The van der Waals surface area contributed by atoms with E-state index in [9.17, 15) is 14.7 Å². The Labute approximate surface area is 194 Å². The summed E-state index contributed by atoms with van der Waals surface area (Å²) in [4.78, 5) is 28.5. The molecule has 4 rings (SSSR count). The zero-order valence-corrected chi connectivity index (χ0v) is 18.9. The number of carbonyl (C=O) groups is 2. The number of methoxy groups -OCH3 is 2. The van der Waals surface area contributed by atoms with Gasteiger partial charge < -0.3 is 19.5 Å². The first-order valence-corrected chi connectivity index (χ1v) is 11.0. The van der Waals surface area contributed by atoms with Crippen LogP contribution in [0.5, 0.6) is 11.5 Å². The highest BCUT2D eigenvalue weighted by Crippen LogP contribution is 2.43. The molecular weight excluding hydrogens is 450 g/mol. The number of hydrogen-bond donors (Lipinski definition) is 1. The molecule has 164 valence electrons. The Hall–Kier alpha value is -3.29. The Bertz CT molecular complexity index is 1200. The largest absolute Gasteiger partial charge is 0.507 e. The van der Waals surface area contributed by atoms with Gasteiger partial charge in [0.2, 0.25) is 0 Å². The number of carbonyl (C=O) groups excluding carboxylic acids is 2. The number of thiophene rings is 1. The molecule has 1 saturated heterocycles. The molecule has 0 aliphatic carbocycles. The van der Waals surface area contributed by atoms with Crippen LogP contribution < -0.4 is 9.47 Å². The summed E-state index contributed by atoms with van der Waals surface area (Å²) >= 11 is 7.53. The van der Waals surface area contributed by atoms with Crippen molar-refractivity contribution in [1.29, 1.82) is 0 Å². The fraction of sp³-hybridized carbons (Fsp3) is 0.167. The highest BCUT2D eigenvalue weighted by atomic mass is 35.5. The van der Waals surface area contributed by atoms with Crippen LogP contribution >= 0.6 is 22.9 Å². The van der Waals surface area contributed by atoms with E-state index in [0.717, 1.165) is 10.4 Å². The maximum atomic E-state index is 13.2. The van der Waals surface area contributed by atoms with E-state index in [-0.39, 0.29) is 23.4 Å². The summed E-state index contributed by atoms with van der Waals surface area (Å²) in [5.41, 5.74) is 0.989. The number of Topliss-reactive ketones (excluding diaryl/α,β-unsaturated/α-hetero) is 1. The van der Waals surface area contributed by atoms with Crippen LogP contribution in [0, 0.1) is 0 Å². The number of aliphatic hydroxyl groups excluding tert-OH is 1. The lowest BCUT2D eigenvalue weighted by Crippen LogP contribution is -2.29. The molecule has 0 bridgehead atoms. The van der Waals surface area contributed by atoms with Gasteiger partial charge in [-0.1, -0.05) is 35.9 Å². The van der Waals surface area contributed by atoms with Crippen molar-refractivity contribution in [2.75, 3.05) is 14.2 Å². The Kier molecular flexibility index (Phi) is 6.21. The highest BCUT2D eigenvalue weighted by molar-refractivity contribution is 7.10. The second-order valence-electron chi connectivity index (χ2n) is 7.10. The molecule has 3 aromatic rings. The molecule has 0 radical (unpaired) electrons. The van der Waals surface area contributed by atoms with Gasteiger partial charge in [-0.2, -0.15) is 0 Å². The molecule has 0 spiro atoms. The molecule has 6 nitrogen and oxygen atoms in total. The predicted octanol–water partition coefficient (Wildman–Crippen LogP) is 5.04. The SMILES string of the molecule is COc1ccccc1CN1C(=O)C(=O)/C(=C(\O)c2cc(Cl)ccc2OC)C1c1cccs1. The second-order valence-corrected chi connectivity index (χ2v) is 8.51. The predicted molar refractivity (Wildman–Crippen MR) is 123 cm³/mol. The molecule has 1 atom stereocenters. The Morgan fingerprint density at radius 1 is 1.06 bits per heavy atom. The zero-order chi connectivity index (χ0) is 22.8. The summed E-state index contributed by atoms with van der Waals surface area (Å²) in [6.07, 6.45) is 0. The number of hydrogen-bond acceptors (Lipinski definition) is 6. The second kappa shape index (κ2) is 9.06. The summed E-state index contributed by atoms with van der Waals surface area (Å²) in [7, 11) is 3.01. The van der Waals surface area contributed by atoms with Gasteiger partial charge in [0.1, 0.15) is 17.3 Å². The van der Waals surface area contributed by atoms with Crippen molar-refractivity contribution in [1.82, 2.24) is 4.90 Å². The monoisotopic (exact) mass is 469 g/mol. The zero-order valence-electron chi connectivity index (χ0n) is 17.4. The first-order chi connectivity index (χ1) is 15.5. The summed E-state index contributed by atoms with van der Waals surface area (Å²) < 4.78 is 10.8. The maximum absolute atomic E-state index is 13.2. The van der Waals surface area contributed by atoms with Gasteiger partial charge in [0.05, 0.1) is 37.9 Å². The number of likely N-dealkylation sites (tertiary alicyclic amines) is 1. The molecule has 2 aromatic carbocycles. The van der Waals surface area contributed by atoms with E-state index in [1.165, 1.54) is 29.4 Å². The number of para-hydroxylation sites is 1. The van der Waals surface area contributed by atoms with E-state index in [1.54, 1.807) is 25.3 Å². The average molecular weight is 470 g/mol. The van der Waals surface area contributed by atoms with Crippen molar-refractivity contribution in [2.24, 2.45) is 0 Å². The van der Waals surface area contributed by atoms with E-state index in [0.29, 0.717) is 16.5 Å². The molecule has 1 aromatic heterocycles. The average Bonchev–Trinajstić information content (AvgIpc) is 3.42. The smallest absolute Gasteiger partial charge is 0.295 e. The number of aliphatic hydroxyl groups is 1. The van der Waals surface area contributed by atoms with Crippen LogP contribution in [0.25, 0.3) is 5.76 Å². The minimum absolute atomic E-state index is 0.00656. The van der Waals surface area contributed by atoms with E-state index < -0.39 is 17.7 Å². The molecule has 1 N–H and O–H groups in total. The molecule has 1 unspecified atom stereocenters. The quantitative estimate of drug-likeness (QED) is 0.311. The molecule has 1 amide bonds. The first kappa shape index (κ1) is 21.9. The van der Waals surface area contributed by atoms with Crippen LogP contribution in [0.15, 0.2) is 65.6 Å². The van der Waals surface area contributed by atoms with Crippen LogP contribution in [0.2, 0.25) is 5.02 Å². The van der Waals surface area contributed by atoms with Gasteiger partial charge in [0, 0.05) is 15.5 Å². The number of ketones is 1. The van der Waals surface area contributed by atoms with Crippen molar-refractivity contribution < 1.29 is 24.2 Å². The third-order valence-electron chi connectivity index (χ3n) is 5.30. The van der Waals surface area contributed by atoms with Gasteiger partial charge in [-0.3, -0.25) is 9.59 Å². The molecule has 8 heteroatoms. The molecule has 0 saturated carbocycles. The van der Waals surface area contributed by atoms with Gasteiger partial charge in [-0.25, -0.2) is 0 Å². The maximum Gasteiger partial charge on any atom is 0.295 e. The molecule has 32 heavy (non-hydrogen) atoms. The van der Waals surface area contributed by atoms with E-state index >= 15 is 0 Å². The minimum atomic E-state index is -0.766. The van der Waals surface area contributed by atoms with Gasteiger partial charge in [-0.15, -0.1) is 11.3 Å². The Balaban J connectivity index is 1.88. The molecule has 1 aliphatic rings. The Morgan fingerprint density at radius 3 is 2.50 bits per heavy atom. The van der Waals surface area contributed by atoms with E-state index in [2.05, 4.69) is 0 Å². The van der Waals surface area contributed by atoms with E-state index in [4.69, 9.17) is 21.1 Å². The lowest BCUT2D eigenvalue weighted by molar-refractivity contribution is -0.140. The van der Waals surface area contributed by atoms with Crippen molar-refractivity contribution in [3.63, 3.8) is 0 Å². The molecule has 2 heterocycles. The normalized spacial score (nSPS) is 17.6. The van der Waals surface area contributed by atoms with Crippen LogP contribution in [-0.2, 0) is 16.1 Å². The third kappa shape index (κ3) is 3.85. The minimum Gasteiger partial charge on any atom is -0.507 e. The van der Waals surface area contributed by atoms with Gasteiger partial charge in [-0.05, 0) is 35.7 Å². The Morgan fingerprint density at radius 2 is 1.81 bits per heavy atom. The number of halogens is 1. The van der Waals surface area contributed by atoms with Gasteiger partial charge >= 0.3 is 0 Å². The van der Waals surface area contributed by atoms with Crippen molar-refractivity contribution in [2.45, 2.75) is 12.6 Å². The van der Waals surface area contributed by atoms with Crippen molar-refractivity contribution in [3.8, 4) is 11.5 Å². The summed E-state index contributed by atoms with van der Waals surface area (Å²) in [5.74, 6) is -0.845. The van der Waals surface area contributed by atoms with E-state index in [1.807, 2.05) is 35.7 Å². The molecule has 1 aliphatic heterocycles. The lowest BCUT2D eigenvalue weighted by Gasteiger charge is -2.25. The summed E-state index contributed by atoms with van der Waals surface area (Å²) in [6, 6.07) is 14.9. The number of amides is 1. The van der Waals surface area contributed by atoms with Crippen LogP contribution in [0.1, 0.15) is 22.0 Å². The van der Waals surface area contributed by atoms with Crippen molar-refractivity contribution >= 4 is 40.4 Å². The number of benzene rings is 2. The fourth-order valence-corrected chi connectivity index (χ4v) is 4.83. The van der Waals surface area contributed by atoms with Gasteiger partial charge in [0.15, 0.2) is 0 Å². The standard InChI is InChI=1S/C24H20ClNO5S/c1-30-17-7-4-3-6-14(17)13-26-21(19-8-5-11-32-19)20(23(28)24(26)29)22(27)16-12-15(25)9-10-18(16)31-2/h3-12,21,27H,13H2,1-2H3/b22-20-. The number of ether oxygens (including phenoxy) is 2. The van der Waals surface area contributed by atoms with Crippen molar-refractivity contribution in [3.05, 3.63) is 86.6 Å². The summed E-state index contributed by atoms with van der Waals surface area (Å²) in [6.45, 7) is 0.139. The number of rotatable bonds is 6. The lowest BCUT2D eigenvalue weighted by atomic mass is 9.99.